The Labute approximate surface area is 179 Å². The molecule has 1 heteroatoms. The Morgan fingerprint density at radius 1 is 0.464 bits per heavy atom. The molecule has 28 heavy (non-hydrogen) atoms. The summed E-state index contributed by atoms with van der Waals surface area (Å²) in [5, 5.41) is 0. The lowest BCUT2D eigenvalue weighted by molar-refractivity contribution is 0.483. The first-order chi connectivity index (χ1) is 13.8. The van der Waals surface area contributed by atoms with E-state index in [9.17, 15) is 0 Å². The molecule has 0 bridgehead atoms. The smallest absolute Gasteiger partial charge is 0.00388 e. The summed E-state index contributed by atoms with van der Waals surface area (Å²) < 4.78 is 0. The Hall–Kier alpha value is -0.300. The maximum atomic E-state index is 6.28. The predicted molar refractivity (Wildman–Crippen MR) is 130 cm³/mol. The molecule has 1 nitrogen and oxygen atoms in total. The van der Waals surface area contributed by atoms with Crippen molar-refractivity contribution < 1.29 is 0 Å². The predicted octanol–water partition coefficient (Wildman–Crippen LogP) is 9.49. The molecule has 0 aromatic carbocycles. The zero-order chi connectivity index (χ0) is 20.5. The van der Waals surface area contributed by atoms with E-state index in [4.69, 9.17) is 5.73 Å². The molecule has 0 amide bonds. The monoisotopic (exact) mass is 393 g/mol. The molecule has 0 spiro atoms. The molecule has 0 heterocycles. The second-order valence-electron chi connectivity index (χ2n) is 9.04. The second-order valence-corrected chi connectivity index (χ2v) is 9.04. The van der Waals surface area contributed by atoms with Crippen LogP contribution in [-0.2, 0) is 0 Å². The Morgan fingerprint density at radius 3 is 1.18 bits per heavy atom. The van der Waals surface area contributed by atoms with Crippen LogP contribution in [0.4, 0.5) is 0 Å². The average Bonchev–Trinajstić information content (AvgIpc) is 2.70. The molecule has 0 rings (SSSR count). The van der Waals surface area contributed by atoms with Gasteiger partial charge in [0.05, 0.1) is 0 Å². The van der Waals surface area contributed by atoms with E-state index in [1.54, 1.807) is 0 Å². The van der Waals surface area contributed by atoms with Gasteiger partial charge in [0.25, 0.3) is 0 Å². The van der Waals surface area contributed by atoms with Crippen molar-refractivity contribution >= 4 is 0 Å². The fraction of sp³-hybridized carbons (Fsp3) is 0.926. The minimum absolute atomic E-state index is 0.459. The topological polar surface area (TPSA) is 26.0 Å². The van der Waals surface area contributed by atoms with Gasteiger partial charge in [0, 0.05) is 6.04 Å². The van der Waals surface area contributed by atoms with E-state index in [1.165, 1.54) is 141 Å². The van der Waals surface area contributed by atoms with Crippen LogP contribution in [0.1, 0.15) is 155 Å². The van der Waals surface area contributed by atoms with Crippen molar-refractivity contribution in [2.75, 3.05) is 0 Å². The second kappa shape index (κ2) is 24.7. The maximum Gasteiger partial charge on any atom is 0.00388 e. The zero-order valence-corrected chi connectivity index (χ0v) is 19.9. The molecule has 168 valence electrons. The third kappa shape index (κ3) is 23.7. The lowest BCUT2D eigenvalue weighted by atomic mass is 10.0. The van der Waals surface area contributed by atoms with E-state index >= 15 is 0 Å². The van der Waals surface area contributed by atoms with Crippen molar-refractivity contribution in [2.24, 2.45) is 5.73 Å². The van der Waals surface area contributed by atoms with E-state index in [2.05, 4.69) is 26.0 Å². The largest absolute Gasteiger partial charge is 0.328 e. The highest BCUT2D eigenvalue weighted by Crippen LogP contribution is 2.14. The first-order valence-corrected chi connectivity index (χ1v) is 13.2. The molecule has 0 saturated heterocycles. The van der Waals surface area contributed by atoms with Gasteiger partial charge in [0.1, 0.15) is 0 Å². The zero-order valence-electron chi connectivity index (χ0n) is 19.9. The van der Waals surface area contributed by atoms with Gasteiger partial charge in [-0.15, -0.1) is 0 Å². The van der Waals surface area contributed by atoms with E-state index in [0.717, 1.165) is 0 Å². The number of allylic oxidation sites excluding steroid dienone is 2. The van der Waals surface area contributed by atoms with E-state index in [0.29, 0.717) is 6.04 Å². The third-order valence-corrected chi connectivity index (χ3v) is 6.02. The number of rotatable bonds is 23. The maximum absolute atomic E-state index is 6.28. The summed E-state index contributed by atoms with van der Waals surface area (Å²) in [7, 11) is 0. The quantitative estimate of drug-likeness (QED) is 0.136. The van der Waals surface area contributed by atoms with Crippen LogP contribution >= 0.6 is 0 Å². The summed E-state index contributed by atoms with van der Waals surface area (Å²) in [5.74, 6) is 0. The molecular formula is C27H55N. The van der Waals surface area contributed by atoms with E-state index in [1.807, 2.05) is 0 Å². The van der Waals surface area contributed by atoms with Crippen molar-refractivity contribution in [1.29, 1.82) is 0 Å². The molecule has 0 aliphatic carbocycles. The Bertz CT molecular complexity index is 297. The molecule has 0 fully saturated rings. The summed E-state index contributed by atoms with van der Waals surface area (Å²) in [6.45, 7) is 4.57. The molecular weight excluding hydrogens is 338 g/mol. The van der Waals surface area contributed by atoms with Crippen LogP contribution in [0.5, 0.6) is 0 Å². The van der Waals surface area contributed by atoms with E-state index in [-0.39, 0.29) is 0 Å². The highest BCUT2D eigenvalue weighted by Gasteiger charge is 2.02. The van der Waals surface area contributed by atoms with Crippen LogP contribution < -0.4 is 5.73 Å². The molecule has 0 saturated carbocycles. The summed E-state index contributed by atoms with van der Waals surface area (Å²) >= 11 is 0. The van der Waals surface area contributed by atoms with Gasteiger partial charge in [-0.25, -0.2) is 0 Å². The van der Waals surface area contributed by atoms with E-state index < -0.39 is 0 Å². The normalized spacial score (nSPS) is 12.8. The van der Waals surface area contributed by atoms with Crippen molar-refractivity contribution in [2.45, 2.75) is 161 Å². The van der Waals surface area contributed by atoms with Crippen LogP contribution in [0.25, 0.3) is 0 Å². The first-order valence-electron chi connectivity index (χ1n) is 13.2. The van der Waals surface area contributed by atoms with Gasteiger partial charge in [-0.05, 0) is 38.5 Å². The van der Waals surface area contributed by atoms with Gasteiger partial charge >= 0.3 is 0 Å². The van der Waals surface area contributed by atoms with Gasteiger partial charge in [-0.1, -0.05) is 129 Å². The molecule has 1 atom stereocenters. The average molecular weight is 394 g/mol. The van der Waals surface area contributed by atoms with Crippen LogP contribution in [0.15, 0.2) is 12.2 Å². The lowest BCUT2D eigenvalue weighted by Crippen LogP contribution is -2.19. The van der Waals surface area contributed by atoms with Crippen molar-refractivity contribution in [3.8, 4) is 0 Å². The van der Waals surface area contributed by atoms with Gasteiger partial charge in [0.15, 0.2) is 0 Å². The summed E-state index contributed by atoms with van der Waals surface area (Å²) in [6, 6.07) is 0.459. The van der Waals surface area contributed by atoms with Crippen molar-refractivity contribution in [1.82, 2.24) is 0 Å². The molecule has 0 aromatic rings. The number of hydrogen-bond acceptors (Lipinski definition) is 1. The fourth-order valence-electron chi connectivity index (χ4n) is 3.99. The van der Waals surface area contributed by atoms with Gasteiger partial charge in [-0.3, -0.25) is 0 Å². The molecule has 2 N–H and O–H groups in total. The number of hydrogen-bond donors (Lipinski definition) is 1. The molecule has 0 aromatic heterocycles. The molecule has 0 radical (unpaired) electrons. The van der Waals surface area contributed by atoms with Gasteiger partial charge in [-0.2, -0.15) is 0 Å². The minimum Gasteiger partial charge on any atom is -0.328 e. The standard InChI is InChI=1S/C27H55N/c1-3-5-7-9-11-12-13-14-15-16-17-18-20-22-24-26-27(28)25-23-21-19-10-8-6-4-2/h14-15,27H,3-13,16-26,28H2,1-2H3. The Morgan fingerprint density at radius 2 is 0.786 bits per heavy atom. The van der Waals surface area contributed by atoms with Crippen LogP contribution in [0, 0.1) is 0 Å². The van der Waals surface area contributed by atoms with Crippen molar-refractivity contribution in [3.05, 3.63) is 12.2 Å². The number of unbranched alkanes of at least 4 members (excludes halogenated alkanes) is 17. The molecule has 0 aliphatic heterocycles. The van der Waals surface area contributed by atoms with Crippen LogP contribution in [0.3, 0.4) is 0 Å². The number of nitrogens with two attached hydrogens (primary N) is 1. The Kier molecular flexibility index (Phi) is 24.5. The molecule has 0 aliphatic rings. The summed E-state index contributed by atoms with van der Waals surface area (Å²) in [5.41, 5.74) is 6.28. The fourth-order valence-corrected chi connectivity index (χ4v) is 3.99. The molecule has 1 unspecified atom stereocenters. The van der Waals surface area contributed by atoms with Gasteiger partial charge in [0.2, 0.25) is 0 Å². The van der Waals surface area contributed by atoms with Crippen LogP contribution in [0.2, 0.25) is 0 Å². The lowest BCUT2D eigenvalue weighted by Gasteiger charge is -2.11. The van der Waals surface area contributed by atoms with Crippen molar-refractivity contribution in [3.63, 3.8) is 0 Å². The Balaban J connectivity index is 3.18. The van der Waals surface area contributed by atoms with Crippen LogP contribution in [-0.4, -0.2) is 6.04 Å². The highest BCUT2D eigenvalue weighted by atomic mass is 14.6. The summed E-state index contributed by atoms with van der Waals surface area (Å²) in [4.78, 5) is 0. The minimum atomic E-state index is 0.459. The SMILES string of the molecule is CCCCCCCCC=CCCCCCCCC(N)CCCCCCCCC. The summed E-state index contributed by atoms with van der Waals surface area (Å²) in [6.07, 6.45) is 35.0. The van der Waals surface area contributed by atoms with Gasteiger partial charge < -0.3 is 5.73 Å². The highest BCUT2D eigenvalue weighted by molar-refractivity contribution is 4.81. The third-order valence-electron chi connectivity index (χ3n) is 6.02. The first kappa shape index (κ1) is 27.7.